The fourth-order valence-corrected chi connectivity index (χ4v) is 2.59. The van der Waals surface area contributed by atoms with E-state index < -0.39 is 12.1 Å². The van der Waals surface area contributed by atoms with Crippen LogP contribution < -0.4 is 5.32 Å². The van der Waals surface area contributed by atoms with Crippen molar-refractivity contribution in [1.82, 2.24) is 5.32 Å². The van der Waals surface area contributed by atoms with E-state index in [-0.39, 0.29) is 15.8 Å². The van der Waals surface area contributed by atoms with Gasteiger partial charge >= 0.3 is 6.09 Å². The van der Waals surface area contributed by atoms with Gasteiger partial charge in [-0.05, 0) is 11.0 Å². The Bertz CT molecular complexity index is 440. The van der Waals surface area contributed by atoms with Gasteiger partial charge in [0.2, 0.25) is 3.79 Å². The van der Waals surface area contributed by atoms with Crippen LogP contribution in [0.1, 0.15) is 26.3 Å². The molecule has 4 nitrogen and oxygen atoms in total. The smallest absolute Gasteiger partial charge is 0.408 e. The number of alkyl carbamates (subject to hydrolysis) is 1. The first-order chi connectivity index (χ1) is 8.80. The number of halogens is 1. The summed E-state index contributed by atoms with van der Waals surface area (Å²) in [7, 11) is 0. The van der Waals surface area contributed by atoms with Gasteiger partial charge in [-0.15, -0.1) is 0 Å². The molecule has 5 heteroatoms. The lowest BCUT2D eigenvalue weighted by Crippen LogP contribution is -2.47. The van der Waals surface area contributed by atoms with Crippen molar-refractivity contribution in [2.24, 2.45) is 5.41 Å². The minimum atomic E-state index is -0.575. The molecule has 0 spiro atoms. The van der Waals surface area contributed by atoms with Gasteiger partial charge in [-0.2, -0.15) is 0 Å². The molecule has 0 fully saturated rings. The zero-order chi connectivity index (χ0) is 14.5. The molecule has 0 bridgehead atoms. The minimum absolute atomic E-state index is 0.109. The molecule has 0 radical (unpaired) electrons. The number of carbonyl (C=O) groups is 2. The lowest BCUT2D eigenvalue weighted by atomic mass is 9.88. The highest BCUT2D eigenvalue weighted by Crippen LogP contribution is 2.22. The van der Waals surface area contributed by atoms with Gasteiger partial charge in [-0.25, -0.2) is 4.79 Å². The largest absolute Gasteiger partial charge is 0.445 e. The Morgan fingerprint density at radius 3 is 2.32 bits per heavy atom. The van der Waals surface area contributed by atoms with Crippen LogP contribution in [0.15, 0.2) is 30.3 Å². The van der Waals surface area contributed by atoms with Crippen molar-refractivity contribution in [3.05, 3.63) is 35.9 Å². The number of benzene rings is 1. The third-order valence-electron chi connectivity index (χ3n) is 2.57. The van der Waals surface area contributed by atoms with Gasteiger partial charge in [0.05, 0.1) is 0 Å². The minimum Gasteiger partial charge on any atom is -0.445 e. The van der Waals surface area contributed by atoms with Crippen LogP contribution in [-0.2, 0) is 16.1 Å². The first-order valence-corrected chi connectivity index (χ1v) is 7.05. The van der Waals surface area contributed by atoms with Crippen molar-refractivity contribution in [2.75, 3.05) is 0 Å². The Balaban J connectivity index is 2.52. The molecule has 1 amide bonds. The van der Waals surface area contributed by atoms with E-state index in [0.717, 1.165) is 5.56 Å². The second kappa shape index (κ2) is 6.88. The van der Waals surface area contributed by atoms with E-state index in [0.29, 0.717) is 0 Å². The maximum Gasteiger partial charge on any atom is 0.408 e. The number of nitrogens with one attached hydrogen (secondary N) is 1. The van der Waals surface area contributed by atoms with E-state index in [1.807, 2.05) is 51.1 Å². The first kappa shape index (κ1) is 15.9. The second-order valence-electron chi connectivity index (χ2n) is 5.31. The molecule has 104 valence electrons. The van der Waals surface area contributed by atoms with E-state index >= 15 is 0 Å². The molecule has 1 aromatic rings. The Morgan fingerprint density at radius 2 is 1.84 bits per heavy atom. The van der Waals surface area contributed by atoms with Crippen molar-refractivity contribution >= 4 is 32.5 Å². The van der Waals surface area contributed by atoms with Crippen molar-refractivity contribution in [1.29, 1.82) is 0 Å². The number of amides is 1. The predicted octanol–water partition coefficient (Wildman–Crippen LogP) is 3.29. The molecule has 0 saturated heterocycles. The normalized spacial score (nSPS) is 12.6. The average Bonchev–Trinajstić information content (AvgIpc) is 2.33. The third-order valence-corrected chi connectivity index (χ3v) is 3.19. The van der Waals surface area contributed by atoms with E-state index in [1.165, 1.54) is 0 Å². The van der Waals surface area contributed by atoms with Gasteiger partial charge in [0.1, 0.15) is 12.6 Å². The number of hydrogen-bond acceptors (Lipinski definition) is 3. The fourth-order valence-electron chi connectivity index (χ4n) is 1.50. The highest BCUT2D eigenvalue weighted by molar-refractivity contribution is 14.1. The molecule has 1 atom stereocenters. The number of carbonyl (C=O) groups excluding carboxylic acids is 2. The molecule has 0 aromatic heterocycles. The second-order valence-corrected chi connectivity index (χ2v) is 6.37. The predicted molar refractivity (Wildman–Crippen MR) is 82.0 cm³/mol. The van der Waals surface area contributed by atoms with Crippen LogP contribution >= 0.6 is 22.6 Å². The van der Waals surface area contributed by atoms with Crippen molar-refractivity contribution < 1.29 is 14.3 Å². The summed E-state index contributed by atoms with van der Waals surface area (Å²) in [5, 5.41) is 2.61. The molecule has 1 rings (SSSR count). The lowest BCUT2D eigenvalue weighted by molar-refractivity contribution is -0.113. The van der Waals surface area contributed by atoms with Crippen LogP contribution in [0.2, 0.25) is 0 Å². The van der Waals surface area contributed by atoms with Gasteiger partial charge in [0, 0.05) is 22.6 Å². The zero-order valence-corrected chi connectivity index (χ0v) is 13.4. The van der Waals surface area contributed by atoms with Crippen LogP contribution in [0.25, 0.3) is 0 Å². The van der Waals surface area contributed by atoms with Gasteiger partial charge in [-0.1, -0.05) is 51.1 Å². The molecule has 1 aromatic carbocycles. The van der Waals surface area contributed by atoms with Gasteiger partial charge in [-0.3, -0.25) is 4.79 Å². The van der Waals surface area contributed by atoms with E-state index in [9.17, 15) is 9.59 Å². The molecule has 0 aliphatic heterocycles. The maximum atomic E-state index is 11.7. The summed E-state index contributed by atoms with van der Waals surface area (Å²) in [5.74, 6) is 0. The standard InChI is InChI=1S/C14H18INO3/c1-14(2,3)11(12(15)17)16-13(18)19-9-10-7-5-4-6-8-10/h4-8,11H,9H2,1-3H3,(H,16,18). The summed E-state index contributed by atoms with van der Waals surface area (Å²) in [6.45, 7) is 5.88. The maximum absolute atomic E-state index is 11.7. The summed E-state index contributed by atoms with van der Waals surface area (Å²) >= 11 is 1.69. The highest BCUT2D eigenvalue weighted by Gasteiger charge is 2.31. The van der Waals surface area contributed by atoms with Crippen molar-refractivity contribution in [2.45, 2.75) is 33.4 Å². The van der Waals surface area contributed by atoms with Crippen molar-refractivity contribution in [3.63, 3.8) is 0 Å². The highest BCUT2D eigenvalue weighted by atomic mass is 127. The Hall–Kier alpha value is -1.11. The molecule has 0 aliphatic rings. The first-order valence-electron chi connectivity index (χ1n) is 5.97. The molecule has 0 aliphatic carbocycles. The molecule has 0 heterocycles. The molecular formula is C14H18INO3. The number of hydrogen-bond donors (Lipinski definition) is 1. The van der Waals surface area contributed by atoms with E-state index in [4.69, 9.17) is 4.74 Å². The van der Waals surface area contributed by atoms with Gasteiger partial charge in [0.25, 0.3) is 0 Å². The van der Waals surface area contributed by atoms with Crippen LogP contribution in [0, 0.1) is 5.41 Å². The van der Waals surface area contributed by atoms with Crippen molar-refractivity contribution in [3.8, 4) is 0 Å². The molecule has 1 N–H and O–H groups in total. The average molecular weight is 375 g/mol. The Kier molecular flexibility index (Phi) is 5.78. The molecule has 19 heavy (non-hydrogen) atoms. The number of rotatable bonds is 4. The summed E-state index contributed by atoms with van der Waals surface area (Å²) < 4.78 is 4.99. The number of ether oxygens (including phenoxy) is 1. The summed E-state index contributed by atoms with van der Waals surface area (Å²) in [4.78, 5) is 23.2. The Morgan fingerprint density at radius 1 is 1.26 bits per heavy atom. The van der Waals surface area contributed by atoms with Gasteiger partial charge in [0.15, 0.2) is 0 Å². The van der Waals surface area contributed by atoms with Crippen LogP contribution in [-0.4, -0.2) is 15.9 Å². The zero-order valence-electron chi connectivity index (χ0n) is 11.3. The summed E-state index contributed by atoms with van der Waals surface area (Å²) in [6, 6.07) is 8.84. The quantitative estimate of drug-likeness (QED) is 0.649. The van der Waals surface area contributed by atoms with Gasteiger partial charge < -0.3 is 10.1 Å². The van der Waals surface area contributed by atoms with Crippen LogP contribution in [0.5, 0.6) is 0 Å². The third kappa shape index (κ3) is 5.59. The van der Waals surface area contributed by atoms with Crippen LogP contribution in [0.4, 0.5) is 4.79 Å². The van der Waals surface area contributed by atoms with E-state index in [2.05, 4.69) is 5.32 Å². The SMILES string of the molecule is CC(C)(C)C(NC(=O)OCc1ccccc1)C(=O)I. The van der Waals surface area contributed by atoms with E-state index in [1.54, 1.807) is 22.6 Å². The molecule has 1 unspecified atom stereocenters. The topological polar surface area (TPSA) is 55.4 Å². The fraction of sp³-hybridized carbons (Fsp3) is 0.429. The molecule has 0 saturated carbocycles. The van der Waals surface area contributed by atoms with Crippen LogP contribution in [0.3, 0.4) is 0 Å². The Labute approximate surface area is 127 Å². The summed E-state index contributed by atoms with van der Waals surface area (Å²) in [5.41, 5.74) is 0.565. The molecular weight excluding hydrogens is 357 g/mol. The monoisotopic (exact) mass is 375 g/mol. The summed E-state index contributed by atoms with van der Waals surface area (Å²) in [6.07, 6.45) is -0.575. The lowest BCUT2D eigenvalue weighted by Gasteiger charge is -2.28.